The van der Waals surface area contributed by atoms with Crippen molar-refractivity contribution in [2.45, 2.75) is 24.9 Å². The molecule has 4 heteroatoms. The van der Waals surface area contributed by atoms with Crippen molar-refractivity contribution < 1.29 is 14.6 Å². The summed E-state index contributed by atoms with van der Waals surface area (Å²) in [7, 11) is 0. The van der Waals surface area contributed by atoms with E-state index in [4.69, 9.17) is 9.84 Å². The van der Waals surface area contributed by atoms with Gasteiger partial charge in [0.2, 0.25) is 0 Å². The van der Waals surface area contributed by atoms with Crippen molar-refractivity contribution in [2.24, 2.45) is 0 Å². The first-order valence-electron chi connectivity index (χ1n) is 5.95. The lowest BCUT2D eigenvalue weighted by Gasteiger charge is -2.39. The SMILES string of the molecule is O=C(O)c1ccc(N(C2CC2)C2COC2)cc1. The normalized spacial score (nSPS) is 19.8. The summed E-state index contributed by atoms with van der Waals surface area (Å²) in [4.78, 5) is 13.2. The van der Waals surface area contributed by atoms with E-state index in [1.165, 1.54) is 12.8 Å². The number of ether oxygens (including phenoxy) is 1. The maximum absolute atomic E-state index is 10.8. The summed E-state index contributed by atoms with van der Waals surface area (Å²) in [5.74, 6) is -0.874. The summed E-state index contributed by atoms with van der Waals surface area (Å²) in [6.07, 6.45) is 2.47. The van der Waals surface area contributed by atoms with Crippen LogP contribution < -0.4 is 4.90 Å². The van der Waals surface area contributed by atoms with Gasteiger partial charge in [-0.25, -0.2) is 4.79 Å². The Labute approximate surface area is 99.8 Å². The molecule has 3 rings (SSSR count). The van der Waals surface area contributed by atoms with E-state index in [1.807, 2.05) is 12.1 Å². The second-order valence-corrected chi connectivity index (χ2v) is 4.68. The molecule has 1 N–H and O–H groups in total. The lowest BCUT2D eigenvalue weighted by atomic mass is 10.1. The number of aromatic carboxylic acids is 1. The van der Waals surface area contributed by atoms with Crippen molar-refractivity contribution in [3.8, 4) is 0 Å². The third-order valence-corrected chi connectivity index (χ3v) is 3.37. The molecule has 2 aliphatic rings. The van der Waals surface area contributed by atoms with Crippen molar-refractivity contribution in [1.82, 2.24) is 0 Å². The highest BCUT2D eigenvalue weighted by Crippen LogP contribution is 2.35. The average Bonchev–Trinajstić information content (AvgIpc) is 3.07. The van der Waals surface area contributed by atoms with Crippen LogP contribution in [0.4, 0.5) is 5.69 Å². The molecule has 90 valence electrons. The molecule has 1 aliphatic heterocycles. The first-order valence-corrected chi connectivity index (χ1v) is 5.95. The van der Waals surface area contributed by atoms with Gasteiger partial charge in [-0.05, 0) is 37.1 Å². The Kier molecular flexibility index (Phi) is 2.52. The maximum Gasteiger partial charge on any atom is 0.335 e. The Bertz CT molecular complexity index is 421. The number of hydrogen-bond donors (Lipinski definition) is 1. The van der Waals surface area contributed by atoms with Gasteiger partial charge in [-0.15, -0.1) is 0 Å². The van der Waals surface area contributed by atoms with Crippen LogP contribution in [-0.2, 0) is 4.74 Å². The molecule has 0 radical (unpaired) electrons. The first-order chi connectivity index (χ1) is 8.25. The Hall–Kier alpha value is -1.55. The Morgan fingerprint density at radius 3 is 2.24 bits per heavy atom. The molecule has 0 amide bonds. The number of anilines is 1. The van der Waals surface area contributed by atoms with E-state index >= 15 is 0 Å². The van der Waals surface area contributed by atoms with Gasteiger partial charge in [0.1, 0.15) is 0 Å². The predicted octanol–water partition coefficient (Wildman–Crippen LogP) is 1.75. The zero-order chi connectivity index (χ0) is 11.8. The number of carboxylic acids is 1. The molecule has 4 nitrogen and oxygen atoms in total. The molecule has 1 saturated carbocycles. The van der Waals surface area contributed by atoms with E-state index in [1.54, 1.807) is 12.1 Å². The second-order valence-electron chi connectivity index (χ2n) is 4.68. The zero-order valence-corrected chi connectivity index (χ0v) is 9.50. The average molecular weight is 233 g/mol. The second kappa shape index (κ2) is 4.04. The van der Waals surface area contributed by atoms with E-state index in [0.717, 1.165) is 18.9 Å². The van der Waals surface area contributed by atoms with Crippen molar-refractivity contribution in [1.29, 1.82) is 0 Å². The molecule has 1 aromatic rings. The van der Waals surface area contributed by atoms with Gasteiger partial charge >= 0.3 is 5.97 Å². The highest BCUT2D eigenvalue weighted by atomic mass is 16.5. The molecule has 0 spiro atoms. The van der Waals surface area contributed by atoms with Gasteiger partial charge in [0.15, 0.2) is 0 Å². The number of hydrogen-bond acceptors (Lipinski definition) is 3. The van der Waals surface area contributed by atoms with Gasteiger partial charge in [-0.3, -0.25) is 0 Å². The van der Waals surface area contributed by atoms with Crippen LogP contribution in [0.3, 0.4) is 0 Å². The molecule has 2 fully saturated rings. The van der Waals surface area contributed by atoms with Gasteiger partial charge in [0, 0.05) is 11.7 Å². The van der Waals surface area contributed by atoms with Crippen LogP contribution in [-0.4, -0.2) is 36.4 Å². The number of nitrogens with zero attached hydrogens (tertiary/aromatic N) is 1. The molecule has 1 heterocycles. The summed E-state index contributed by atoms with van der Waals surface area (Å²) in [5, 5.41) is 8.87. The van der Waals surface area contributed by atoms with Crippen molar-refractivity contribution in [3.05, 3.63) is 29.8 Å². The van der Waals surface area contributed by atoms with Crippen molar-refractivity contribution in [2.75, 3.05) is 18.1 Å². The monoisotopic (exact) mass is 233 g/mol. The van der Waals surface area contributed by atoms with Crippen LogP contribution in [0.1, 0.15) is 23.2 Å². The van der Waals surface area contributed by atoms with Crippen LogP contribution in [0.2, 0.25) is 0 Å². The lowest BCUT2D eigenvalue weighted by Crippen LogP contribution is -2.50. The minimum atomic E-state index is -0.874. The summed E-state index contributed by atoms with van der Waals surface area (Å²) in [6, 6.07) is 8.25. The molecular formula is C13H15NO3. The van der Waals surface area contributed by atoms with Crippen LogP contribution in [0.15, 0.2) is 24.3 Å². The summed E-state index contributed by atoms with van der Waals surface area (Å²) in [6.45, 7) is 1.58. The van der Waals surface area contributed by atoms with Gasteiger partial charge in [0.25, 0.3) is 0 Å². The fraction of sp³-hybridized carbons (Fsp3) is 0.462. The van der Waals surface area contributed by atoms with Crippen molar-refractivity contribution >= 4 is 11.7 Å². The molecule has 17 heavy (non-hydrogen) atoms. The van der Waals surface area contributed by atoms with E-state index in [0.29, 0.717) is 17.6 Å². The molecule has 0 bridgehead atoms. The lowest BCUT2D eigenvalue weighted by molar-refractivity contribution is 0.00740. The van der Waals surface area contributed by atoms with Crippen LogP contribution >= 0.6 is 0 Å². The number of carbonyl (C=O) groups is 1. The number of carboxylic acid groups (broad SMARTS) is 1. The number of benzene rings is 1. The van der Waals surface area contributed by atoms with Gasteiger partial charge < -0.3 is 14.7 Å². The summed E-state index contributed by atoms with van der Waals surface area (Å²) < 4.78 is 5.24. The van der Waals surface area contributed by atoms with Gasteiger partial charge in [-0.1, -0.05) is 0 Å². The summed E-state index contributed by atoms with van der Waals surface area (Å²) >= 11 is 0. The zero-order valence-electron chi connectivity index (χ0n) is 9.50. The first kappa shape index (κ1) is 10.6. The molecule has 1 aliphatic carbocycles. The van der Waals surface area contributed by atoms with Crippen LogP contribution in [0.25, 0.3) is 0 Å². The quantitative estimate of drug-likeness (QED) is 0.860. The van der Waals surface area contributed by atoms with E-state index in [-0.39, 0.29) is 0 Å². The third-order valence-electron chi connectivity index (χ3n) is 3.37. The van der Waals surface area contributed by atoms with E-state index in [9.17, 15) is 4.79 Å². The topological polar surface area (TPSA) is 49.8 Å². The maximum atomic E-state index is 10.8. The third kappa shape index (κ3) is 2.00. The molecule has 1 saturated heterocycles. The van der Waals surface area contributed by atoms with Gasteiger partial charge in [0.05, 0.1) is 24.8 Å². The number of rotatable bonds is 4. The van der Waals surface area contributed by atoms with Crippen LogP contribution in [0.5, 0.6) is 0 Å². The minimum Gasteiger partial charge on any atom is -0.478 e. The predicted molar refractivity (Wildman–Crippen MR) is 63.5 cm³/mol. The van der Waals surface area contributed by atoms with Gasteiger partial charge in [-0.2, -0.15) is 0 Å². The molecule has 0 aromatic heterocycles. The highest BCUT2D eigenvalue weighted by Gasteiger charge is 2.37. The van der Waals surface area contributed by atoms with Crippen molar-refractivity contribution in [3.63, 3.8) is 0 Å². The molecular weight excluding hydrogens is 218 g/mol. The standard InChI is InChI=1S/C13H15NO3/c15-13(16)9-1-3-10(4-2-9)14(11-5-6-11)12-7-17-8-12/h1-4,11-12H,5-8H2,(H,15,16). The fourth-order valence-corrected chi connectivity index (χ4v) is 2.23. The highest BCUT2D eigenvalue weighted by molar-refractivity contribution is 5.88. The largest absolute Gasteiger partial charge is 0.478 e. The molecule has 0 atom stereocenters. The van der Waals surface area contributed by atoms with E-state index < -0.39 is 5.97 Å². The summed E-state index contributed by atoms with van der Waals surface area (Å²) in [5.41, 5.74) is 1.46. The Morgan fingerprint density at radius 1 is 1.18 bits per heavy atom. The van der Waals surface area contributed by atoms with E-state index in [2.05, 4.69) is 4.90 Å². The smallest absolute Gasteiger partial charge is 0.335 e. The Balaban J connectivity index is 1.82. The Morgan fingerprint density at radius 2 is 1.82 bits per heavy atom. The molecule has 1 aromatic carbocycles. The van der Waals surface area contributed by atoms with Crippen LogP contribution in [0, 0.1) is 0 Å². The fourth-order valence-electron chi connectivity index (χ4n) is 2.23. The molecule has 0 unspecified atom stereocenters. The minimum absolute atomic E-state index is 0.342.